The number of urea groups is 1. The normalized spacial score (nSPS) is 19.8. The molecule has 136 valence electrons. The van der Waals surface area contributed by atoms with Crippen LogP contribution >= 0.6 is 0 Å². The van der Waals surface area contributed by atoms with Crippen LogP contribution < -0.4 is 10.6 Å². The van der Waals surface area contributed by atoms with Gasteiger partial charge >= 0.3 is 12.0 Å². The Kier molecular flexibility index (Phi) is 6.44. The zero-order chi connectivity index (χ0) is 18.4. The molecule has 25 heavy (non-hydrogen) atoms. The minimum atomic E-state index is -1.31. The van der Waals surface area contributed by atoms with Gasteiger partial charge < -0.3 is 10.1 Å². The molecule has 1 aliphatic rings. The summed E-state index contributed by atoms with van der Waals surface area (Å²) >= 11 is 0. The molecule has 2 atom stereocenters. The molecule has 0 spiro atoms. The van der Waals surface area contributed by atoms with E-state index in [9.17, 15) is 23.2 Å². The van der Waals surface area contributed by atoms with Crippen molar-refractivity contribution in [1.29, 1.82) is 0 Å². The maximum Gasteiger partial charge on any atom is 0.344 e. The van der Waals surface area contributed by atoms with Crippen LogP contribution in [0.4, 0.5) is 13.6 Å². The number of amides is 3. The molecule has 8 heteroatoms. The van der Waals surface area contributed by atoms with Crippen LogP contribution in [0.25, 0.3) is 0 Å². The van der Waals surface area contributed by atoms with Crippen molar-refractivity contribution in [2.75, 3.05) is 6.61 Å². The molecular weight excluding hydrogens is 334 g/mol. The van der Waals surface area contributed by atoms with Gasteiger partial charge in [0.05, 0.1) is 0 Å². The Morgan fingerprint density at radius 1 is 1.16 bits per heavy atom. The summed E-state index contributed by atoms with van der Waals surface area (Å²) in [7, 11) is 0. The van der Waals surface area contributed by atoms with E-state index in [1.54, 1.807) is 0 Å². The Hall–Kier alpha value is -2.51. The number of esters is 1. The summed E-state index contributed by atoms with van der Waals surface area (Å²) in [5, 5.41) is 4.74. The number of ether oxygens (including phenoxy) is 1. The molecule has 1 aliphatic carbocycles. The molecule has 0 saturated heterocycles. The average molecular weight is 354 g/mol. The standard InChI is InChI=1S/C17H20F2N2O4/c1-10-5-2-3-8-13(10)20-17(24)21-14(22)9-25-16(23)15-11(18)6-4-7-12(15)19/h4,6-7,10,13H,2-3,5,8-9H2,1H3,(H2,20,21,22,24)/t10-,13+/m1/s1. The van der Waals surface area contributed by atoms with Crippen molar-refractivity contribution in [3.05, 3.63) is 35.4 Å². The fourth-order valence-electron chi connectivity index (χ4n) is 2.79. The molecule has 3 amide bonds. The summed E-state index contributed by atoms with van der Waals surface area (Å²) in [6.07, 6.45) is 3.96. The summed E-state index contributed by atoms with van der Waals surface area (Å²) < 4.78 is 31.4. The van der Waals surface area contributed by atoms with E-state index < -0.39 is 41.7 Å². The highest BCUT2D eigenvalue weighted by atomic mass is 19.1. The van der Waals surface area contributed by atoms with Crippen molar-refractivity contribution in [3.63, 3.8) is 0 Å². The molecule has 0 radical (unpaired) electrons. The predicted molar refractivity (Wildman–Crippen MR) is 84.7 cm³/mol. The van der Waals surface area contributed by atoms with Crippen LogP contribution in [0.5, 0.6) is 0 Å². The largest absolute Gasteiger partial charge is 0.452 e. The number of carbonyl (C=O) groups excluding carboxylic acids is 3. The summed E-state index contributed by atoms with van der Waals surface area (Å²) in [6, 6.07) is 2.20. The lowest BCUT2D eigenvalue weighted by atomic mass is 9.86. The third-order valence-corrected chi connectivity index (χ3v) is 4.18. The van der Waals surface area contributed by atoms with Gasteiger partial charge in [-0.15, -0.1) is 0 Å². The van der Waals surface area contributed by atoms with Crippen LogP contribution in [-0.2, 0) is 9.53 Å². The molecule has 2 N–H and O–H groups in total. The summed E-state index contributed by atoms with van der Waals surface area (Å²) in [5.74, 6) is -4.06. The second-order valence-electron chi connectivity index (χ2n) is 6.06. The highest BCUT2D eigenvalue weighted by Crippen LogP contribution is 2.23. The average Bonchev–Trinajstić information content (AvgIpc) is 2.55. The Labute approximate surface area is 143 Å². The van der Waals surface area contributed by atoms with E-state index in [-0.39, 0.29) is 6.04 Å². The van der Waals surface area contributed by atoms with Crippen molar-refractivity contribution >= 4 is 17.9 Å². The number of imide groups is 1. The van der Waals surface area contributed by atoms with Gasteiger partial charge in [-0.05, 0) is 30.9 Å². The van der Waals surface area contributed by atoms with Crippen molar-refractivity contribution in [3.8, 4) is 0 Å². The number of benzene rings is 1. The lowest BCUT2D eigenvalue weighted by Crippen LogP contribution is -2.48. The third kappa shape index (κ3) is 5.23. The minimum Gasteiger partial charge on any atom is -0.452 e. The first-order valence-corrected chi connectivity index (χ1v) is 8.10. The quantitative estimate of drug-likeness (QED) is 0.814. The topological polar surface area (TPSA) is 84.5 Å². The van der Waals surface area contributed by atoms with Crippen molar-refractivity contribution in [1.82, 2.24) is 10.6 Å². The van der Waals surface area contributed by atoms with E-state index in [1.807, 2.05) is 12.2 Å². The SMILES string of the molecule is C[C@@H]1CCCC[C@@H]1NC(=O)NC(=O)COC(=O)c1c(F)cccc1F. The lowest BCUT2D eigenvalue weighted by molar-refractivity contribution is -0.123. The molecule has 0 bridgehead atoms. The molecule has 1 aromatic carbocycles. The first kappa shape index (κ1) is 18.8. The van der Waals surface area contributed by atoms with Gasteiger partial charge in [0.25, 0.3) is 5.91 Å². The van der Waals surface area contributed by atoms with Crippen LogP contribution in [0.3, 0.4) is 0 Å². The molecule has 6 nitrogen and oxygen atoms in total. The van der Waals surface area contributed by atoms with Gasteiger partial charge in [0.2, 0.25) is 0 Å². The second-order valence-corrected chi connectivity index (χ2v) is 6.06. The number of hydrogen-bond acceptors (Lipinski definition) is 4. The number of halogens is 2. The second kappa shape index (κ2) is 8.55. The molecule has 1 saturated carbocycles. The number of hydrogen-bond donors (Lipinski definition) is 2. The maximum absolute atomic E-state index is 13.4. The first-order chi connectivity index (χ1) is 11.9. The molecule has 0 unspecified atom stereocenters. The van der Waals surface area contributed by atoms with Gasteiger partial charge in [-0.2, -0.15) is 0 Å². The molecule has 0 aliphatic heterocycles. The van der Waals surface area contributed by atoms with Crippen molar-refractivity contribution in [2.45, 2.75) is 38.6 Å². The van der Waals surface area contributed by atoms with Gasteiger partial charge in [0.1, 0.15) is 17.2 Å². The lowest BCUT2D eigenvalue weighted by Gasteiger charge is -2.29. The number of carbonyl (C=O) groups is 3. The fourth-order valence-corrected chi connectivity index (χ4v) is 2.79. The molecule has 1 fully saturated rings. The van der Waals surface area contributed by atoms with Gasteiger partial charge in [-0.1, -0.05) is 25.8 Å². The number of nitrogens with one attached hydrogen (secondary N) is 2. The van der Waals surface area contributed by atoms with Crippen molar-refractivity contribution < 1.29 is 27.9 Å². The highest BCUT2D eigenvalue weighted by molar-refractivity contribution is 5.97. The third-order valence-electron chi connectivity index (χ3n) is 4.18. The van der Waals surface area contributed by atoms with Crippen LogP contribution in [0.15, 0.2) is 18.2 Å². The molecule has 1 aromatic rings. The fraction of sp³-hybridized carbons (Fsp3) is 0.471. The van der Waals surface area contributed by atoms with Crippen molar-refractivity contribution in [2.24, 2.45) is 5.92 Å². The van der Waals surface area contributed by atoms with E-state index in [0.29, 0.717) is 5.92 Å². The maximum atomic E-state index is 13.4. The predicted octanol–water partition coefficient (Wildman–Crippen LogP) is 2.53. The summed E-state index contributed by atoms with van der Waals surface area (Å²) in [5.41, 5.74) is -0.879. The van der Waals surface area contributed by atoms with Crippen LogP contribution in [0.1, 0.15) is 43.0 Å². The smallest absolute Gasteiger partial charge is 0.344 e. The zero-order valence-electron chi connectivity index (χ0n) is 13.8. The van der Waals surface area contributed by atoms with Crippen LogP contribution in [-0.4, -0.2) is 30.6 Å². The van der Waals surface area contributed by atoms with Gasteiger partial charge in [-0.3, -0.25) is 10.1 Å². The van der Waals surface area contributed by atoms with Crippen LogP contribution in [0.2, 0.25) is 0 Å². The molecular formula is C17H20F2N2O4. The monoisotopic (exact) mass is 354 g/mol. The number of rotatable bonds is 4. The van der Waals surface area contributed by atoms with E-state index in [0.717, 1.165) is 43.9 Å². The Balaban J connectivity index is 1.80. The molecule has 0 heterocycles. The molecule has 2 rings (SSSR count). The Morgan fingerprint density at radius 3 is 2.44 bits per heavy atom. The summed E-state index contributed by atoms with van der Waals surface area (Å²) in [4.78, 5) is 35.1. The minimum absolute atomic E-state index is 0.0170. The van der Waals surface area contributed by atoms with Gasteiger partial charge in [0, 0.05) is 6.04 Å². The van der Waals surface area contributed by atoms with E-state index in [4.69, 9.17) is 0 Å². The Bertz CT molecular complexity index is 646. The van der Waals surface area contributed by atoms with Gasteiger partial charge in [-0.25, -0.2) is 18.4 Å². The van der Waals surface area contributed by atoms with E-state index in [1.165, 1.54) is 0 Å². The van der Waals surface area contributed by atoms with Crippen LogP contribution in [0, 0.1) is 17.6 Å². The van der Waals surface area contributed by atoms with E-state index >= 15 is 0 Å². The molecule has 0 aromatic heterocycles. The van der Waals surface area contributed by atoms with Gasteiger partial charge in [0.15, 0.2) is 6.61 Å². The van der Waals surface area contributed by atoms with E-state index in [2.05, 4.69) is 10.1 Å². The summed E-state index contributed by atoms with van der Waals surface area (Å²) in [6.45, 7) is 1.21. The first-order valence-electron chi connectivity index (χ1n) is 8.10. The Morgan fingerprint density at radius 2 is 1.80 bits per heavy atom. The highest BCUT2D eigenvalue weighted by Gasteiger charge is 2.24. The zero-order valence-corrected chi connectivity index (χ0v) is 13.8.